The summed E-state index contributed by atoms with van der Waals surface area (Å²) in [4.78, 5) is 239. The van der Waals surface area contributed by atoms with E-state index in [-0.39, 0.29) is 133 Å². The summed E-state index contributed by atoms with van der Waals surface area (Å²) in [5.41, 5.74) is 6.13. The van der Waals surface area contributed by atoms with Gasteiger partial charge in [-0.3, -0.25) is 85.7 Å². The number of imide groups is 1. The fourth-order valence-electron chi connectivity index (χ4n) is 16.3. The van der Waals surface area contributed by atoms with Crippen molar-refractivity contribution >= 4 is 110 Å². The number of aliphatic hydroxyl groups excluding tert-OH is 3. The van der Waals surface area contributed by atoms with Gasteiger partial charge in [0.2, 0.25) is 76.8 Å². The van der Waals surface area contributed by atoms with E-state index in [0.717, 1.165) is 4.90 Å². The Balaban J connectivity index is 1.18. The highest BCUT2D eigenvalue weighted by molar-refractivity contribution is 7.51. The number of phosphoric ester groups is 1. The molecule has 6 unspecified atom stereocenters. The second kappa shape index (κ2) is 59.3. The Hall–Kier alpha value is -9.65. The molecule has 0 aliphatic carbocycles. The van der Waals surface area contributed by atoms with Gasteiger partial charge in [0.1, 0.15) is 48.5 Å². The van der Waals surface area contributed by atoms with Crippen LogP contribution >= 0.6 is 15.4 Å². The number of rotatable bonds is 63. The first kappa shape index (κ1) is 120. The van der Waals surface area contributed by atoms with Gasteiger partial charge in [0, 0.05) is 78.3 Å². The molecule has 0 bridgehead atoms. The zero-order valence-corrected chi connectivity index (χ0v) is 83.9. The molecule has 0 saturated carbocycles. The monoisotopic (exact) mass is 2010 g/mol. The van der Waals surface area contributed by atoms with Crippen LogP contribution in [0.4, 0.5) is 10.5 Å². The number of hydrogen-bond donors (Lipinski definition) is 17. The number of cyclic esters (lactones) is 1. The maximum Gasteiger partial charge on any atom is 0.473 e. The number of benzene rings is 2. The molecule has 49 heteroatoms. The van der Waals surface area contributed by atoms with Crippen molar-refractivity contribution in [1.82, 2.24) is 67.5 Å². The fourth-order valence-corrected chi connectivity index (χ4v) is 17.8. The average molecular weight is 2010 g/mol. The number of likely N-dealkylation sites (tertiary alicyclic amines) is 2. The van der Waals surface area contributed by atoms with Crippen molar-refractivity contribution in [3.05, 3.63) is 65.7 Å². The van der Waals surface area contributed by atoms with Gasteiger partial charge in [0.15, 0.2) is 12.1 Å². The molecule has 0 aromatic heterocycles. The summed E-state index contributed by atoms with van der Waals surface area (Å²) < 4.78 is 75.9. The molecule has 139 heavy (non-hydrogen) atoms. The number of carbonyl (C=O) groups is 15. The van der Waals surface area contributed by atoms with Gasteiger partial charge in [-0.2, -0.15) is 0 Å². The highest BCUT2D eigenvalue weighted by atomic mass is 31.2. The molecule has 47 nitrogen and oxygen atoms in total. The van der Waals surface area contributed by atoms with E-state index in [4.69, 9.17) is 57.7 Å². The number of nitrogens with zero attached hydrogens (tertiary/aromatic N) is 4. The van der Waals surface area contributed by atoms with Gasteiger partial charge in [0.25, 0.3) is 0 Å². The molecule has 784 valence electrons. The van der Waals surface area contributed by atoms with Crippen LogP contribution in [-0.4, -0.2) is 356 Å². The fraction of sp³-hybridized carbons (Fsp3) is 0.700. The van der Waals surface area contributed by atoms with Crippen LogP contribution in [0, 0.1) is 35.5 Å². The van der Waals surface area contributed by atoms with E-state index in [1.165, 1.54) is 59.3 Å². The maximum atomic E-state index is 14.7. The SMILES string of the molecule is CC[C@H](C)[C@@H]([C@@H](CC(=O)N1CCC[C@H]1[C@H](OC)[C@@H](C)C(=O)N[C@H](C)[C@@H](OP(=O)(O)OCc1ccc(NC(=O)[C@H](CCCNC(N)=O)NC(=O)[C@@H](NC(=O)[C@H](CC(=O)NC2C(=O)OC(CO)C(O)C2O)NC(=O)CCOCCOCCOCCOCCNC(=O)[C@H](CNC(=O)CCP(=O)(O)O)N2C(=O)CC(C)C2=O)C(C)C)cc1)c1ccccc1)OC)N(C)C(=O)[C@@H](NC(=O)[C@H](C(C)C)N(C)C)C(C)C. The second-order valence-electron chi connectivity index (χ2n) is 36.0. The maximum absolute atomic E-state index is 14.7. The van der Waals surface area contributed by atoms with Crippen molar-refractivity contribution < 1.29 is 153 Å². The van der Waals surface area contributed by atoms with Crippen LogP contribution < -0.4 is 58.9 Å². The highest BCUT2D eigenvalue weighted by Gasteiger charge is 2.49. The summed E-state index contributed by atoms with van der Waals surface area (Å²) in [6.45, 7) is 17.6. The van der Waals surface area contributed by atoms with Crippen molar-refractivity contribution in [2.75, 3.05) is 132 Å². The van der Waals surface area contributed by atoms with E-state index in [1.807, 2.05) is 60.5 Å². The van der Waals surface area contributed by atoms with Crippen LogP contribution in [0.2, 0.25) is 0 Å². The quantitative estimate of drug-likeness (QED) is 0.0168. The number of urea groups is 1. The summed E-state index contributed by atoms with van der Waals surface area (Å²) in [5.74, 6) is -13.4. The summed E-state index contributed by atoms with van der Waals surface area (Å²) in [6, 6.07) is 1.47. The van der Waals surface area contributed by atoms with E-state index in [1.54, 1.807) is 61.0 Å². The Labute approximate surface area is 810 Å². The second-order valence-corrected chi connectivity index (χ2v) is 39.2. The molecule has 0 spiro atoms. The Morgan fingerprint density at radius 2 is 1.25 bits per heavy atom. The molecule has 2 aromatic carbocycles. The lowest BCUT2D eigenvalue weighted by Crippen LogP contribution is -2.63. The third-order valence-corrected chi connectivity index (χ3v) is 25.8. The third-order valence-electron chi connectivity index (χ3n) is 24.0. The van der Waals surface area contributed by atoms with Gasteiger partial charge in [-0.15, -0.1) is 0 Å². The number of methoxy groups -OCH3 is 2. The van der Waals surface area contributed by atoms with Crippen LogP contribution in [0.15, 0.2) is 54.6 Å². The van der Waals surface area contributed by atoms with Crippen LogP contribution in [0.1, 0.15) is 158 Å². The summed E-state index contributed by atoms with van der Waals surface area (Å²) in [6.07, 6.45) is -9.74. The molecule has 3 aliphatic rings. The molecule has 3 fully saturated rings. The smallest absolute Gasteiger partial charge is 0.455 e. The van der Waals surface area contributed by atoms with Crippen LogP contribution in [0.3, 0.4) is 0 Å². The lowest BCUT2D eigenvalue weighted by atomic mass is 9.89. The molecule has 20 atom stereocenters. The number of hydrogen-bond acceptors (Lipinski definition) is 30. The first-order valence-electron chi connectivity index (χ1n) is 46.7. The molecule has 3 saturated heterocycles. The number of esters is 1. The third kappa shape index (κ3) is 39.0. The molecule has 15 amide bonds. The number of amides is 15. The minimum Gasteiger partial charge on any atom is -0.455 e. The average Bonchev–Trinajstić information content (AvgIpc) is 1.70. The summed E-state index contributed by atoms with van der Waals surface area (Å²) in [7, 11) is -1.33. The Morgan fingerprint density at radius 3 is 1.81 bits per heavy atom. The number of anilines is 1. The molecule has 3 aliphatic heterocycles. The number of phosphoric acid groups is 1. The first-order chi connectivity index (χ1) is 65.5. The number of carbonyl (C=O) groups excluding carboxylic acids is 15. The predicted octanol–water partition coefficient (Wildman–Crippen LogP) is -0.754. The Bertz CT molecular complexity index is 4440. The number of aliphatic hydroxyl groups is 3. The molecular weight excluding hydrogens is 1870 g/mol. The largest absolute Gasteiger partial charge is 0.473 e. The topological polar surface area (TPSA) is 654 Å². The van der Waals surface area contributed by atoms with Gasteiger partial charge < -0.3 is 132 Å². The van der Waals surface area contributed by atoms with Gasteiger partial charge in [-0.05, 0) is 93.6 Å². The normalized spacial score (nSPS) is 20.0. The van der Waals surface area contributed by atoms with Crippen LogP contribution in [-0.2, 0) is 125 Å². The Kier molecular flexibility index (Phi) is 51.1. The number of ether oxygens (including phenoxy) is 7. The van der Waals surface area contributed by atoms with Gasteiger partial charge in [-0.1, -0.05) is 118 Å². The van der Waals surface area contributed by atoms with Crippen LogP contribution in [0.25, 0.3) is 0 Å². The predicted molar refractivity (Wildman–Crippen MR) is 501 cm³/mol. The van der Waals surface area contributed by atoms with Gasteiger partial charge >= 0.3 is 27.4 Å². The minimum absolute atomic E-state index is 0.0138. The standard InChI is InChI=1S/C90H147N15O32P2/c1-17-54(8)76(103(14)88(121)73(52(4)5)101-86(119)75(53(6)7)102(12)13)65(129-15)47-70(110)104-35-22-26-63(104)79(130-16)56(10)81(114)95-57(11)80(59-23-19-18-20-24-59)137-139(127,128)135-50-58-27-29-60(30-28-58)96-82(115)61(25-21-33-93-90(91)123)98-85(118)72(51(2)3)100-83(116)62(46-69(109)99-74-78(113)77(112)66(49-106)136-89(74)122)97-68(108)31-36-131-38-40-133-42-43-134-41-39-132-37-34-92-84(117)64(105-71(111)45-55(9)87(105)120)48-94-67(107)32-44-138(124,125)126/h18-20,23-24,27-30,51-57,61-66,72-80,106,112-113H,17,21-22,25-26,31-50H2,1-16H3,(H,92,117)(H,94,107)(H,95,114)(H,96,115)(H,97,108)(H,98,118)(H,99,109)(H,100,116)(H,101,119)(H,127,128)(H3,91,93,123)(H2,124,125,126)/t54-,55?,56+,57+,61-,62-,63-,64-,65+,66?,72-,73-,74?,75-,76-,77?,78?,79+,80+/m0/s1. The first-order valence-corrected chi connectivity index (χ1v) is 50.0. The molecule has 2 aromatic rings. The van der Waals surface area contributed by atoms with Crippen molar-refractivity contribution in [2.24, 2.45) is 41.2 Å². The van der Waals surface area contributed by atoms with E-state index in [9.17, 15) is 101 Å². The molecule has 18 N–H and O–H groups in total. The summed E-state index contributed by atoms with van der Waals surface area (Å²) in [5, 5.41) is 56.5. The molecule has 5 rings (SSSR count). The molecule has 3 heterocycles. The minimum atomic E-state index is -5.05. The number of primary amides is 1. The molecule has 0 radical (unpaired) electrons. The number of likely N-dealkylation sites (N-methyl/N-ethyl adjacent to an activating group) is 2. The lowest BCUT2D eigenvalue weighted by molar-refractivity contribution is -0.190. The van der Waals surface area contributed by atoms with Gasteiger partial charge in [-0.25, -0.2) is 14.2 Å². The van der Waals surface area contributed by atoms with Crippen molar-refractivity contribution in [2.45, 2.75) is 244 Å². The molecular formula is C90H147N15O32P2. The zero-order valence-electron chi connectivity index (χ0n) is 82.1. The Morgan fingerprint density at radius 1 is 0.640 bits per heavy atom. The van der Waals surface area contributed by atoms with E-state index >= 15 is 0 Å². The van der Waals surface area contributed by atoms with E-state index in [0.29, 0.717) is 36.9 Å². The van der Waals surface area contributed by atoms with E-state index < -0.39 is 246 Å². The van der Waals surface area contributed by atoms with Crippen molar-refractivity contribution in [3.8, 4) is 0 Å². The van der Waals surface area contributed by atoms with Crippen molar-refractivity contribution in [3.63, 3.8) is 0 Å². The highest BCUT2D eigenvalue weighted by Crippen LogP contribution is 2.50. The van der Waals surface area contributed by atoms with Crippen LogP contribution in [0.5, 0.6) is 0 Å². The zero-order chi connectivity index (χ0) is 104. The van der Waals surface area contributed by atoms with Crippen molar-refractivity contribution in [1.29, 1.82) is 0 Å². The van der Waals surface area contributed by atoms with E-state index in [2.05, 4.69) is 53.2 Å². The lowest BCUT2D eigenvalue weighted by Gasteiger charge is -2.41. The number of nitrogens with two attached hydrogens (primary N) is 1. The number of nitrogens with one attached hydrogen (secondary N) is 10. The summed E-state index contributed by atoms with van der Waals surface area (Å²) >= 11 is 0. The van der Waals surface area contributed by atoms with Gasteiger partial charge in [0.05, 0.1) is 127 Å².